The lowest BCUT2D eigenvalue weighted by Gasteiger charge is -2.13. The number of benzene rings is 2. The number of nitrogens with one attached hydrogen (secondary N) is 1. The minimum absolute atomic E-state index is 0.239. The summed E-state index contributed by atoms with van der Waals surface area (Å²) in [6, 6.07) is 18.8. The first-order valence-corrected chi connectivity index (χ1v) is 12.9. The van der Waals surface area contributed by atoms with Gasteiger partial charge in [0, 0.05) is 16.8 Å². The third-order valence-electron chi connectivity index (χ3n) is 6.38. The molecule has 6 nitrogen and oxygen atoms in total. The van der Waals surface area contributed by atoms with Gasteiger partial charge in [-0.25, -0.2) is 4.68 Å². The second-order valence-electron chi connectivity index (χ2n) is 8.84. The minimum atomic E-state index is -0.239. The number of carbonyl (C=O) groups excluding carboxylic acids is 1. The summed E-state index contributed by atoms with van der Waals surface area (Å²) in [5, 5.41) is 8.81. The Morgan fingerprint density at radius 2 is 1.89 bits per heavy atom. The average Bonchev–Trinajstić information content (AvgIpc) is 3.16. The maximum Gasteiger partial charge on any atom is 0.272 e. The van der Waals surface area contributed by atoms with E-state index >= 15 is 0 Å². The molecule has 8 heteroatoms. The minimum Gasteiger partial charge on any atom is -0.497 e. The van der Waals surface area contributed by atoms with E-state index in [1.54, 1.807) is 30.1 Å². The molecule has 0 fully saturated rings. The SMILES string of the molecule is COc1ccc(C=C2CCCCc3c(C(=O)NCc4ccccn4)nn(-c4ccc(Cl)cc4Cl)c32)cc1. The maximum atomic E-state index is 13.4. The molecule has 0 saturated heterocycles. The van der Waals surface area contributed by atoms with E-state index in [2.05, 4.69) is 16.4 Å². The van der Waals surface area contributed by atoms with Gasteiger partial charge < -0.3 is 10.1 Å². The van der Waals surface area contributed by atoms with E-state index in [9.17, 15) is 4.79 Å². The molecule has 0 radical (unpaired) electrons. The number of amides is 1. The Morgan fingerprint density at radius 3 is 2.62 bits per heavy atom. The van der Waals surface area contributed by atoms with Crippen molar-refractivity contribution in [3.05, 3.63) is 105 Å². The fourth-order valence-electron chi connectivity index (χ4n) is 4.56. The zero-order valence-corrected chi connectivity index (χ0v) is 21.9. The van der Waals surface area contributed by atoms with E-state index in [1.807, 2.05) is 48.5 Å². The van der Waals surface area contributed by atoms with Crippen molar-refractivity contribution in [2.45, 2.75) is 32.2 Å². The number of hydrogen-bond donors (Lipinski definition) is 1. The normalized spacial score (nSPS) is 14.2. The first kappa shape index (κ1) is 25.1. The van der Waals surface area contributed by atoms with E-state index in [0.29, 0.717) is 28.0 Å². The van der Waals surface area contributed by atoms with Crippen molar-refractivity contribution in [1.29, 1.82) is 0 Å². The third kappa shape index (κ3) is 5.55. The number of pyridine rings is 1. The van der Waals surface area contributed by atoms with Gasteiger partial charge in [-0.15, -0.1) is 0 Å². The van der Waals surface area contributed by atoms with Gasteiger partial charge in [0.15, 0.2) is 5.69 Å². The molecule has 5 rings (SSSR count). The molecule has 1 amide bonds. The van der Waals surface area contributed by atoms with Crippen LogP contribution in [0.15, 0.2) is 66.9 Å². The summed E-state index contributed by atoms with van der Waals surface area (Å²) >= 11 is 12.8. The third-order valence-corrected chi connectivity index (χ3v) is 6.91. The second-order valence-corrected chi connectivity index (χ2v) is 9.68. The Hall–Kier alpha value is -3.61. The Bertz CT molecular complexity index is 1450. The van der Waals surface area contributed by atoms with Crippen LogP contribution < -0.4 is 10.1 Å². The van der Waals surface area contributed by atoms with Crippen LogP contribution in [0, 0.1) is 0 Å². The van der Waals surface area contributed by atoms with Crippen molar-refractivity contribution in [2.75, 3.05) is 7.11 Å². The van der Waals surface area contributed by atoms with Crippen LogP contribution in [0.2, 0.25) is 10.0 Å². The van der Waals surface area contributed by atoms with E-state index in [1.165, 1.54) is 0 Å². The number of ether oxygens (including phenoxy) is 1. The van der Waals surface area contributed by atoms with E-state index < -0.39 is 0 Å². The molecule has 0 spiro atoms. The van der Waals surface area contributed by atoms with Gasteiger partial charge in [0.25, 0.3) is 5.91 Å². The van der Waals surface area contributed by atoms with Crippen LogP contribution in [-0.4, -0.2) is 27.8 Å². The van der Waals surface area contributed by atoms with Gasteiger partial charge in [-0.1, -0.05) is 41.4 Å². The largest absolute Gasteiger partial charge is 0.497 e. The van der Waals surface area contributed by atoms with Crippen molar-refractivity contribution in [2.24, 2.45) is 0 Å². The molecule has 4 aromatic rings. The van der Waals surface area contributed by atoms with Crippen molar-refractivity contribution >= 4 is 40.8 Å². The predicted octanol–water partition coefficient (Wildman–Crippen LogP) is 6.78. The average molecular weight is 533 g/mol. The summed E-state index contributed by atoms with van der Waals surface area (Å²) in [4.78, 5) is 17.7. The van der Waals surface area contributed by atoms with Crippen LogP contribution in [0.3, 0.4) is 0 Å². The Kier molecular flexibility index (Phi) is 7.58. The Morgan fingerprint density at radius 1 is 1.08 bits per heavy atom. The molecule has 2 heterocycles. The molecule has 2 aromatic carbocycles. The quantitative estimate of drug-likeness (QED) is 0.278. The molecule has 188 valence electrons. The van der Waals surface area contributed by atoms with Gasteiger partial charge in [-0.2, -0.15) is 5.10 Å². The van der Waals surface area contributed by atoms with Gasteiger partial charge in [0.1, 0.15) is 5.75 Å². The highest BCUT2D eigenvalue weighted by molar-refractivity contribution is 6.35. The number of nitrogens with zero attached hydrogens (tertiary/aromatic N) is 3. The summed E-state index contributed by atoms with van der Waals surface area (Å²) in [5.41, 5.74) is 5.82. The van der Waals surface area contributed by atoms with Crippen molar-refractivity contribution in [1.82, 2.24) is 20.1 Å². The number of methoxy groups -OCH3 is 1. The standard InChI is InChI=1S/C29H26Cl2N4O2/c1-37-23-12-9-19(10-13-23)16-20-6-2-3-8-24-27(29(36)33-18-22-7-4-5-15-32-22)34-35(28(20)24)26-14-11-21(30)17-25(26)31/h4-5,7,9-17H,2-3,6,8,18H2,1H3,(H,33,36). The van der Waals surface area contributed by atoms with Crippen molar-refractivity contribution in [3.63, 3.8) is 0 Å². The summed E-state index contributed by atoms with van der Waals surface area (Å²) in [6.07, 6.45) is 7.41. The molecule has 0 unspecified atom stereocenters. The van der Waals surface area contributed by atoms with Crippen LogP contribution in [0.1, 0.15) is 52.3 Å². The lowest BCUT2D eigenvalue weighted by Crippen LogP contribution is -2.25. The fourth-order valence-corrected chi connectivity index (χ4v) is 5.05. The van der Waals surface area contributed by atoms with Crippen LogP contribution in [-0.2, 0) is 13.0 Å². The maximum absolute atomic E-state index is 13.4. The van der Waals surface area contributed by atoms with Crippen molar-refractivity contribution < 1.29 is 9.53 Å². The van der Waals surface area contributed by atoms with Crippen LogP contribution >= 0.6 is 23.2 Å². The zero-order chi connectivity index (χ0) is 25.8. The number of hydrogen-bond acceptors (Lipinski definition) is 4. The molecule has 1 N–H and O–H groups in total. The summed E-state index contributed by atoms with van der Waals surface area (Å²) in [7, 11) is 1.65. The molecule has 1 aliphatic rings. The monoisotopic (exact) mass is 532 g/mol. The molecule has 2 aromatic heterocycles. The molecule has 0 bridgehead atoms. The molecule has 0 atom stereocenters. The van der Waals surface area contributed by atoms with Gasteiger partial charge in [0.05, 0.1) is 35.8 Å². The molecular formula is C29H26Cl2N4O2. The first-order chi connectivity index (χ1) is 18.0. The van der Waals surface area contributed by atoms with E-state index in [4.69, 9.17) is 33.0 Å². The fraction of sp³-hybridized carbons (Fsp3) is 0.207. The Labute approximate surface area is 225 Å². The van der Waals surface area contributed by atoms with E-state index in [0.717, 1.165) is 59.5 Å². The number of rotatable bonds is 6. The number of carbonyl (C=O) groups is 1. The lowest BCUT2D eigenvalue weighted by atomic mass is 10.0. The molecule has 37 heavy (non-hydrogen) atoms. The smallest absolute Gasteiger partial charge is 0.272 e. The highest BCUT2D eigenvalue weighted by atomic mass is 35.5. The molecule has 1 aliphatic carbocycles. The predicted molar refractivity (Wildman–Crippen MR) is 147 cm³/mol. The van der Waals surface area contributed by atoms with Gasteiger partial charge in [-0.3, -0.25) is 9.78 Å². The molecule has 0 saturated carbocycles. The first-order valence-electron chi connectivity index (χ1n) is 12.1. The van der Waals surface area contributed by atoms with Crippen LogP contribution in [0.4, 0.5) is 0 Å². The summed E-state index contributed by atoms with van der Waals surface area (Å²) in [5.74, 6) is 0.560. The number of allylic oxidation sites excluding steroid dienone is 1. The summed E-state index contributed by atoms with van der Waals surface area (Å²) < 4.78 is 7.11. The van der Waals surface area contributed by atoms with Gasteiger partial charge >= 0.3 is 0 Å². The topological polar surface area (TPSA) is 69.0 Å². The van der Waals surface area contributed by atoms with Gasteiger partial charge in [-0.05, 0) is 85.4 Å². The Balaban J connectivity index is 1.61. The van der Waals surface area contributed by atoms with E-state index in [-0.39, 0.29) is 5.91 Å². The highest BCUT2D eigenvalue weighted by Gasteiger charge is 2.28. The van der Waals surface area contributed by atoms with Crippen LogP contribution in [0.25, 0.3) is 17.3 Å². The van der Waals surface area contributed by atoms with Crippen LogP contribution in [0.5, 0.6) is 5.75 Å². The molecular weight excluding hydrogens is 507 g/mol. The van der Waals surface area contributed by atoms with Crippen molar-refractivity contribution in [3.8, 4) is 11.4 Å². The second kappa shape index (κ2) is 11.2. The van der Waals surface area contributed by atoms with Gasteiger partial charge in [0.2, 0.25) is 0 Å². The molecule has 0 aliphatic heterocycles. The zero-order valence-electron chi connectivity index (χ0n) is 20.4. The highest BCUT2D eigenvalue weighted by Crippen LogP contribution is 2.37. The number of halogens is 2. The summed E-state index contributed by atoms with van der Waals surface area (Å²) in [6.45, 7) is 0.317. The number of aromatic nitrogens is 3. The number of fused-ring (bicyclic) bond motifs is 1. The lowest BCUT2D eigenvalue weighted by molar-refractivity contribution is 0.0944.